The van der Waals surface area contributed by atoms with Gasteiger partial charge in [0, 0.05) is 18.7 Å². The number of nitrogens with one attached hydrogen (secondary N) is 2. The zero-order chi connectivity index (χ0) is 30.2. The maximum Gasteiger partial charge on any atom is 0.408 e. The minimum Gasteiger partial charge on any atom is -0.444 e. The zero-order valence-electron chi connectivity index (χ0n) is 24.7. The van der Waals surface area contributed by atoms with Crippen molar-refractivity contribution in [3.8, 4) is 0 Å². The number of hydrogen-bond acceptors (Lipinski definition) is 5. The molecule has 0 fully saturated rings. The fourth-order valence-corrected chi connectivity index (χ4v) is 4.78. The number of para-hydroxylation sites is 1. The van der Waals surface area contributed by atoms with Crippen LogP contribution in [0.15, 0.2) is 72.8 Å². The summed E-state index contributed by atoms with van der Waals surface area (Å²) >= 11 is 0. The Morgan fingerprint density at radius 3 is 2.02 bits per heavy atom. The van der Waals surface area contributed by atoms with Crippen LogP contribution in [0, 0.1) is 20.8 Å². The van der Waals surface area contributed by atoms with E-state index < -0.39 is 35.6 Å². The van der Waals surface area contributed by atoms with E-state index in [1.807, 2.05) is 87.5 Å². The molecule has 0 bridgehead atoms. The van der Waals surface area contributed by atoms with E-state index in [-0.39, 0.29) is 19.6 Å². The largest absolute Gasteiger partial charge is 0.444 e. The van der Waals surface area contributed by atoms with Crippen molar-refractivity contribution >= 4 is 23.6 Å². The molecular weight excluding hydrogens is 518 g/mol. The average Bonchev–Trinajstić information content (AvgIpc) is 2.90. The van der Waals surface area contributed by atoms with Gasteiger partial charge in [-0.05, 0) is 75.4 Å². The lowest BCUT2D eigenvalue weighted by Gasteiger charge is -2.35. The lowest BCUT2D eigenvalue weighted by Crippen LogP contribution is -2.54. The quantitative estimate of drug-likeness (QED) is 0.315. The number of amides is 3. The van der Waals surface area contributed by atoms with Crippen LogP contribution in [0.25, 0.3) is 0 Å². The summed E-state index contributed by atoms with van der Waals surface area (Å²) < 4.78 is 5.47. The molecule has 41 heavy (non-hydrogen) atoms. The van der Waals surface area contributed by atoms with Gasteiger partial charge >= 0.3 is 6.09 Å². The molecule has 8 nitrogen and oxygen atoms in total. The van der Waals surface area contributed by atoms with E-state index in [0.29, 0.717) is 11.3 Å². The zero-order valence-corrected chi connectivity index (χ0v) is 24.7. The number of aliphatic hydroxyl groups excluding tert-OH is 1. The van der Waals surface area contributed by atoms with Gasteiger partial charge in [-0.15, -0.1) is 0 Å². The maximum absolute atomic E-state index is 14.4. The normalized spacial score (nSPS) is 12.7. The Labute approximate surface area is 242 Å². The molecule has 0 saturated heterocycles. The van der Waals surface area contributed by atoms with Crippen LogP contribution in [0.4, 0.5) is 10.5 Å². The predicted octanol–water partition coefficient (Wildman–Crippen LogP) is 5.25. The number of rotatable bonds is 10. The second kappa shape index (κ2) is 13.9. The fraction of sp³-hybridized carbons (Fsp3) is 0.364. The van der Waals surface area contributed by atoms with E-state index in [0.717, 1.165) is 22.3 Å². The standard InChI is InChI=1S/C33H41N3O5/c1-22-13-10-11-18-26(22)34-30(38)29(28-23(2)14-12-15-24(28)3)36(19-20-37)31(39)27(21-25-16-8-7-9-17-25)35-32(40)41-33(4,5)6/h7-18,27,29,37H,19-21H2,1-6H3,(H,34,38)(H,35,40). The van der Waals surface area contributed by atoms with Gasteiger partial charge in [0.25, 0.3) is 5.91 Å². The molecule has 0 aliphatic heterocycles. The first-order chi connectivity index (χ1) is 19.4. The summed E-state index contributed by atoms with van der Waals surface area (Å²) in [5.74, 6) is -0.935. The van der Waals surface area contributed by atoms with E-state index in [4.69, 9.17) is 4.74 Å². The highest BCUT2D eigenvalue weighted by molar-refractivity contribution is 5.99. The number of carbonyl (C=O) groups excluding carboxylic acids is 3. The second-order valence-electron chi connectivity index (χ2n) is 11.2. The Hall–Kier alpha value is -4.17. The van der Waals surface area contributed by atoms with E-state index in [2.05, 4.69) is 10.6 Å². The number of anilines is 1. The van der Waals surface area contributed by atoms with Crippen LogP contribution >= 0.6 is 0 Å². The minimum atomic E-state index is -1.07. The number of aryl methyl sites for hydroxylation is 3. The molecule has 8 heteroatoms. The number of alkyl carbamates (subject to hydrolysis) is 1. The van der Waals surface area contributed by atoms with Crippen LogP contribution in [0.3, 0.4) is 0 Å². The van der Waals surface area contributed by atoms with Crippen LogP contribution in [0.5, 0.6) is 0 Å². The summed E-state index contributed by atoms with van der Waals surface area (Å²) in [5.41, 5.74) is 3.85. The molecule has 3 rings (SSSR count). The van der Waals surface area contributed by atoms with Crippen molar-refractivity contribution in [3.05, 3.63) is 101 Å². The second-order valence-corrected chi connectivity index (χ2v) is 11.2. The average molecular weight is 560 g/mol. The van der Waals surface area contributed by atoms with Crippen LogP contribution in [-0.4, -0.2) is 52.7 Å². The third kappa shape index (κ3) is 8.66. The molecule has 2 unspecified atom stereocenters. The molecule has 0 spiro atoms. The van der Waals surface area contributed by atoms with Gasteiger partial charge in [0.1, 0.15) is 17.7 Å². The first kappa shape index (κ1) is 31.4. The topological polar surface area (TPSA) is 108 Å². The van der Waals surface area contributed by atoms with Crippen molar-refractivity contribution < 1.29 is 24.2 Å². The van der Waals surface area contributed by atoms with Gasteiger partial charge in [-0.1, -0.05) is 66.7 Å². The van der Waals surface area contributed by atoms with E-state index >= 15 is 0 Å². The van der Waals surface area contributed by atoms with Crippen molar-refractivity contribution in [2.45, 2.75) is 65.6 Å². The number of ether oxygens (including phenoxy) is 1. The highest BCUT2D eigenvalue weighted by Crippen LogP contribution is 2.30. The molecule has 3 aromatic carbocycles. The van der Waals surface area contributed by atoms with Crippen LogP contribution < -0.4 is 10.6 Å². The van der Waals surface area contributed by atoms with Gasteiger partial charge < -0.3 is 25.4 Å². The monoisotopic (exact) mass is 559 g/mol. The van der Waals surface area contributed by atoms with Gasteiger partial charge in [-0.2, -0.15) is 0 Å². The third-order valence-corrected chi connectivity index (χ3v) is 6.67. The third-order valence-electron chi connectivity index (χ3n) is 6.67. The molecule has 2 atom stereocenters. The van der Waals surface area contributed by atoms with Gasteiger partial charge in [0.2, 0.25) is 5.91 Å². The lowest BCUT2D eigenvalue weighted by molar-refractivity contribution is -0.141. The number of aliphatic hydroxyl groups is 1. The Bertz CT molecular complexity index is 1330. The molecule has 0 aromatic heterocycles. The smallest absolute Gasteiger partial charge is 0.408 e. The Kier molecular flexibility index (Phi) is 10.7. The first-order valence-corrected chi connectivity index (χ1v) is 13.8. The number of nitrogens with zero attached hydrogens (tertiary/aromatic N) is 1. The molecule has 3 amide bonds. The van der Waals surface area contributed by atoms with Gasteiger partial charge in [0.05, 0.1) is 6.61 Å². The highest BCUT2D eigenvalue weighted by atomic mass is 16.6. The Morgan fingerprint density at radius 1 is 0.854 bits per heavy atom. The summed E-state index contributed by atoms with van der Waals surface area (Å²) in [4.78, 5) is 42.7. The molecule has 0 heterocycles. The minimum absolute atomic E-state index is 0.125. The van der Waals surface area contributed by atoms with Crippen molar-refractivity contribution in [1.29, 1.82) is 0 Å². The van der Waals surface area contributed by atoms with Crippen molar-refractivity contribution in [3.63, 3.8) is 0 Å². The van der Waals surface area contributed by atoms with Crippen LogP contribution in [0.1, 0.15) is 54.6 Å². The summed E-state index contributed by atoms with van der Waals surface area (Å²) in [5, 5.41) is 15.8. The van der Waals surface area contributed by atoms with Gasteiger partial charge in [-0.25, -0.2) is 4.79 Å². The molecule has 0 aliphatic carbocycles. The molecule has 3 N–H and O–H groups in total. The SMILES string of the molecule is Cc1ccccc1NC(=O)C(c1c(C)cccc1C)N(CCO)C(=O)C(Cc1ccccc1)NC(=O)OC(C)(C)C. The molecular formula is C33H41N3O5. The van der Waals surface area contributed by atoms with E-state index in [1.165, 1.54) is 4.90 Å². The Morgan fingerprint density at radius 2 is 1.44 bits per heavy atom. The summed E-state index contributed by atoms with van der Waals surface area (Å²) in [6, 6.07) is 20.2. The predicted molar refractivity (Wildman–Crippen MR) is 161 cm³/mol. The van der Waals surface area contributed by atoms with Crippen LogP contribution in [-0.2, 0) is 20.7 Å². The summed E-state index contributed by atoms with van der Waals surface area (Å²) in [7, 11) is 0. The molecule has 0 radical (unpaired) electrons. The lowest BCUT2D eigenvalue weighted by atomic mass is 9.93. The molecule has 0 aliphatic rings. The Balaban J connectivity index is 2.09. The molecule has 0 saturated carbocycles. The number of benzene rings is 3. The van der Waals surface area contributed by atoms with E-state index in [1.54, 1.807) is 26.8 Å². The molecule has 218 valence electrons. The highest BCUT2D eigenvalue weighted by Gasteiger charge is 2.37. The van der Waals surface area contributed by atoms with Crippen LogP contribution in [0.2, 0.25) is 0 Å². The molecule has 3 aromatic rings. The van der Waals surface area contributed by atoms with Crippen molar-refractivity contribution in [1.82, 2.24) is 10.2 Å². The van der Waals surface area contributed by atoms with Gasteiger partial charge in [-0.3, -0.25) is 9.59 Å². The summed E-state index contributed by atoms with van der Waals surface area (Å²) in [6.45, 7) is 10.4. The van der Waals surface area contributed by atoms with Crippen molar-refractivity contribution in [2.24, 2.45) is 0 Å². The number of carbonyl (C=O) groups is 3. The van der Waals surface area contributed by atoms with Crippen molar-refractivity contribution in [2.75, 3.05) is 18.5 Å². The first-order valence-electron chi connectivity index (χ1n) is 13.8. The maximum atomic E-state index is 14.4. The van der Waals surface area contributed by atoms with E-state index in [9.17, 15) is 19.5 Å². The fourth-order valence-electron chi connectivity index (χ4n) is 4.78. The van der Waals surface area contributed by atoms with Gasteiger partial charge in [0.15, 0.2) is 0 Å². The summed E-state index contributed by atoms with van der Waals surface area (Å²) in [6.07, 6.45) is -0.580. The number of hydrogen-bond donors (Lipinski definition) is 3.